The molecule has 1 aliphatic heterocycles. The molecule has 1 fully saturated rings. The van der Waals surface area contributed by atoms with E-state index in [-0.39, 0.29) is 12.1 Å². The third kappa shape index (κ3) is 3.26. The van der Waals surface area contributed by atoms with Crippen molar-refractivity contribution in [2.45, 2.75) is 12.5 Å². The Bertz CT molecular complexity index is 548. The number of thioether (sulfide) groups is 1. The van der Waals surface area contributed by atoms with E-state index in [4.69, 9.17) is 0 Å². The smallest absolute Gasteiger partial charge is 0.321 e. The summed E-state index contributed by atoms with van der Waals surface area (Å²) in [5, 5.41) is 17.1. The number of thiophene rings is 1. The second kappa shape index (κ2) is 5.89. The number of aromatic nitrogens is 2. The van der Waals surface area contributed by atoms with Crippen molar-refractivity contribution in [1.29, 1.82) is 0 Å². The molecule has 0 spiro atoms. The van der Waals surface area contributed by atoms with Crippen LogP contribution in [0.1, 0.15) is 6.42 Å². The lowest BCUT2D eigenvalue weighted by atomic mass is 10.3. The highest BCUT2D eigenvalue weighted by atomic mass is 32.2. The van der Waals surface area contributed by atoms with Gasteiger partial charge in [0.2, 0.25) is 5.13 Å². The fourth-order valence-corrected chi connectivity index (χ4v) is 4.42. The third-order valence-electron chi connectivity index (χ3n) is 2.64. The molecule has 5 nitrogen and oxygen atoms in total. The van der Waals surface area contributed by atoms with Crippen LogP contribution in [0.3, 0.4) is 0 Å². The Morgan fingerprint density at radius 3 is 3.11 bits per heavy atom. The number of amides is 2. The summed E-state index contributed by atoms with van der Waals surface area (Å²) < 4.78 is 0. The summed E-state index contributed by atoms with van der Waals surface area (Å²) in [5.41, 5.74) is 0. The number of urea groups is 1. The maximum absolute atomic E-state index is 11.8. The largest absolute Gasteiger partial charge is 0.334 e. The summed E-state index contributed by atoms with van der Waals surface area (Å²) in [5.74, 6) is 2.11. The van der Waals surface area contributed by atoms with Gasteiger partial charge in [0.1, 0.15) is 0 Å². The number of anilines is 1. The van der Waals surface area contributed by atoms with E-state index < -0.39 is 0 Å². The molecular formula is C11H12N4OS3. The van der Waals surface area contributed by atoms with Gasteiger partial charge in [-0.25, -0.2) is 4.79 Å². The number of rotatable bonds is 3. The molecule has 2 amide bonds. The Morgan fingerprint density at radius 1 is 1.42 bits per heavy atom. The molecule has 0 aromatic carbocycles. The van der Waals surface area contributed by atoms with Crippen molar-refractivity contribution < 1.29 is 4.79 Å². The molecule has 0 bridgehead atoms. The van der Waals surface area contributed by atoms with Crippen LogP contribution in [-0.2, 0) is 0 Å². The highest BCUT2D eigenvalue weighted by Crippen LogP contribution is 2.29. The fraction of sp³-hybridized carbons (Fsp3) is 0.364. The van der Waals surface area contributed by atoms with Gasteiger partial charge in [-0.2, -0.15) is 11.8 Å². The van der Waals surface area contributed by atoms with Gasteiger partial charge in [0.25, 0.3) is 0 Å². The molecule has 2 N–H and O–H groups in total. The summed E-state index contributed by atoms with van der Waals surface area (Å²) >= 11 is 4.87. The maximum atomic E-state index is 11.8. The molecule has 2 aromatic heterocycles. The summed E-state index contributed by atoms with van der Waals surface area (Å²) in [6.45, 7) is 0. The number of carbonyl (C=O) groups excluding carboxylic acids is 1. The first kappa shape index (κ1) is 12.9. The Kier molecular flexibility index (Phi) is 4.00. The van der Waals surface area contributed by atoms with Gasteiger partial charge in [-0.1, -0.05) is 17.4 Å². The van der Waals surface area contributed by atoms with Gasteiger partial charge in [-0.05, 0) is 23.6 Å². The molecule has 3 heterocycles. The molecule has 3 rings (SSSR count). The van der Waals surface area contributed by atoms with Gasteiger partial charge in [0.15, 0.2) is 5.01 Å². The van der Waals surface area contributed by atoms with Crippen LogP contribution < -0.4 is 10.6 Å². The summed E-state index contributed by atoms with van der Waals surface area (Å²) in [7, 11) is 0. The van der Waals surface area contributed by atoms with Crippen LogP contribution in [0.2, 0.25) is 0 Å². The normalized spacial score (nSPS) is 18.4. The molecule has 8 heteroatoms. The highest BCUT2D eigenvalue weighted by molar-refractivity contribution is 7.99. The molecule has 100 valence electrons. The second-order valence-corrected chi connectivity index (χ2v) is 7.12. The predicted octanol–water partition coefficient (Wildman–Crippen LogP) is 2.89. The van der Waals surface area contributed by atoms with Gasteiger partial charge >= 0.3 is 6.03 Å². The number of hydrogen-bond donors (Lipinski definition) is 2. The standard InChI is InChI=1S/C11H12N4OS3/c16-10(12-7-3-5-17-6-7)13-11-15-14-9(19-11)8-2-1-4-18-8/h1-2,4,7H,3,5-6H2,(H2,12,13,15,16). The zero-order valence-electron chi connectivity index (χ0n) is 9.96. The predicted molar refractivity (Wildman–Crippen MR) is 81.1 cm³/mol. The van der Waals surface area contributed by atoms with Gasteiger partial charge in [-0.15, -0.1) is 21.5 Å². The Morgan fingerprint density at radius 2 is 2.37 bits per heavy atom. The minimum absolute atomic E-state index is 0.193. The first-order valence-electron chi connectivity index (χ1n) is 5.84. The van der Waals surface area contributed by atoms with Crippen LogP contribution in [0.15, 0.2) is 17.5 Å². The lowest BCUT2D eigenvalue weighted by Crippen LogP contribution is -2.37. The Hall–Kier alpha value is -1.12. The average Bonchev–Trinajstić information content (AvgIpc) is 3.09. The van der Waals surface area contributed by atoms with Gasteiger partial charge in [-0.3, -0.25) is 5.32 Å². The zero-order chi connectivity index (χ0) is 13.1. The third-order valence-corrected chi connectivity index (χ3v) is 5.68. The van der Waals surface area contributed by atoms with Crippen molar-refractivity contribution in [1.82, 2.24) is 15.5 Å². The lowest BCUT2D eigenvalue weighted by molar-refractivity contribution is 0.249. The van der Waals surface area contributed by atoms with Gasteiger partial charge in [0, 0.05) is 11.8 Å². The van der Waals surface area contributed by atoms with Crippen LogP contribution in [-0.4, -0.2) is 33.8 Å². The minimum Gasteiger partial charge on any atom is -0.334 e. The van der Waals surface area contributed by atoms with E-state index >= 15 is 0 Å². The summed E-state index contributed by atoms with van der Waals surface area (Å²) in [6, 6.07) is 4.04. The number of hydrogen-bond acceptors (Lipinski definition) is 6. The molecule has 0 saturated carbocycles. The molecular weight excluding hydrogens is 300 g/mol. The number of carbonyl (C=O) groups is 1. The Labute approximate surface area is 122 Å². The second-order valence-electron chi connectivity index (χ2n) is 4.05. The van der Waals surface area contributed by atoms with Crippen LogP contribution in [0.25, 0.3) is 9.88 Å². The van der Waals surface area contributed by atoms with Crippen molar-refractivity contribution in [3.8, 4) is 9.88 Å². The maximum Gasteiger partial charge on any atom is 0.321 e. The number of nitrogens with zero attached hydrogens (tertiary/aromatic N) is 2. The molecule has 2 aromatic rings. The molecule has 19 heavy (non-hydrogen) atoms. The summed E-state index contributed by atoms with van der Waals surface area (Å²) in [6.07, 6.45) is 1.04. The van der Waals surface area contributed by atoms with Crippen LogP contribution in [0.4, 0.5) is 9.93 Å². The van der Waals surface area contributed by atoms with E-state index in [1.807, 2.05) is 29.3 Å². The van der Waals surface area contributed by atoms with Crippen LogP contribution in [0.5, 0.6) is 0 Å². The van der Waals surface area contributed by atoms with Crippen molar-refractivity contribution in [2.24, 2.45) is 0 Å². The van der Waals surface area contributed by atoms with E-state index in [0.29, 0.717) is 5.13 Å². The molecule has 1 atom stereocenters. The number of nitrogens with one attached hydrogen (secondary N) is 2. The minimum atomic E-state index is -0.193. The zero-order valence-corrected chi connectivity index (χ0v) is 12.4. The van der Waals surface area contributed by atoms with Crippen molar-refractivity contribution in [3.63, 3.8) is 0 Å². The molecule has 1 saturated heterocycles. The Balaban J connectivity index is 1.59. The van der Waals surface area contributed by atoms with Crippen molar-refractivity contribution >= 4 is 45.6 Å². The van der Waals surface area contributed by atoms with E-state index in [1.165, 1.54) is 11.3 Å². The topological polar surface area (TPSA) is 66.9 Å². The van der Waals surface area contributed by atoms with Gasteiger partial charge in [0.05, 0.1) is 4.88 Å². The molecule has 1 unspecified atom stereocenters. The SMILES string of the molecule is O=C(Nc1nnc(-c2cccs2)s1)NC1CCSC1. The molecule has 0 radical (unpaired) electrons. The van der Waals surface area contributed by atoms with Crippen LogP contribution in [0, 0.1) is 0 Å². The highest BCUT2D eigenvalue weighted by Gasteiger charge is 2.18. The van der Waals surface area contributed by atoms with E-state index in [9.17, 15) is 4.79 Å². The first-order chi connectivity index (χ1) is 9.31. The monoisotopic (exact) mass is 312 g/mol. The first-order valence-corrected chi connectivity index (χ1v) is 8.69. The van der Waals surface area contributed by atoms with Crippen LogP contribution >= 0.6 is 34.4 Å². The van der Waals surface area contributed by atoms with Gasteiger partial charge < -0.3 is 5.32 Å². The van der Waals surface area contributed by atoms with E-state index in [2.05, 4.69) is 20.8 Å². The quantitative estimate of drug-likeness (QED) is 0.914. The average molecular weight is 312 g/mol. The van der Waals surface area contributed by atoms with Crippen molar-refractivity contribution in [2.75, 3.05) is 16.8 Å². The fourth-order valence-electron chi connectivity index (χ4n) is 1.74. The van der Waals surface area contributed by atoms with E-state index in [0.717, 1.165) is 27.8 Å². The molecule has 0 aliphatic carbocycles. The molecule has 1 aliphatic rings. The van der Waals surface area contributed by atoms with E-state index in [1.54, 1.807) is 11.3 Å². The summed E-state index contributed by atoms with van der Waals surface area (Å²) in [4.78, 5) is 12.8. The van der Waals surface area contributed by atoms with Crippen molar-refractivity contribution in [3.05, 3.63) is 17.5 Å². The lowest BCUT2D eigenvalue weighted by Gasteiger charge is -2.10.